The van der Waals surface area contributed by atoms with Crippen LogP contribution in [0.1, 0.15) is 39.0 Å². The summed E-state index contributed by atoms with van der Waals surface area (Å²) >= 11 is 0. The SMILES string of the molecule is CCCCC(=O)/C=C/C1CC1. The van der Waals surface area contributed by atoms with Crippen molar-refractivity contribution in [1.82, 2.24) is 0 Å². The van der Waals surface area contributed by atoms with Gasteiger partial charge in [-0.15, -0.1) is 0 Å². The zero-order valence-corrected chi connectivity index (χ0v) is 7.18. The van der Waals surface area contributed by atoms with E-state index >= 15 is 0 Å². The molecule has 1 heteroatoms. The van der Waals surface area contributed by atoms with Gasteiger partial charge in [0.1, 0.15) is 0 Å². The third-order valence-electron chi connectivity index (χ3n) is 1.95. The van der Waals surface area contributed by atoms with E-state index in [0.717, 1.165) is 25.2 Å². The second kappa shape index (κ2) is 4.32. The van der Waals surface area contributed by atoms with E-state index in [4.69, 9.17) is 0 Å². The summed E-state index contributed by atoms with van der Waals surface area (Å²) < 4.78 is 0. The number of ketones is 1. The molecule has 0 saturated heterocycles. The van der Waals surface area contributed by atoms with Crippen LogP contribution in [0.15, 0.2) is 12.2 Å². The third-order valence-corrected chi connectivity index (χ3v) is 1.95. The fraction of sp³-hybridized carbons (Fsp3) is 0.700. The largest absolute Gasteiger partial charge is 0.295 e. The molecule has 0 aromatic rings. The Morgan fingerprint density at radius 3 is 2.82 bits per heavy atom. The molecule has 1 aliphatic carbocycles. The Hall–Kier alpha value is -0.590. The van der Waals surface area contributed by atoms with Crippen LogP contribution in [0, 0.1) is 5.92 Å². The van der Waals surface area contributed by atoms with Crippen LogP contribution in [-0.4, -0.2) is 5.78 Å². The highest BCUT2D eigenvalue weighted by atomic mass is 16.1. The van der Waals surface area contributed by atoms with Crippen LogP contribution in [0.5, 0.6) is 0 Å². The van der Waals surface area contributed by atoms with E-state index in [2.05, 4.69) is 13.0 Å². The highest BCUT2D eigenvalue weighted by molar-refractivity contribution is 5.89. The normalized spacial score (nSPS) is 17.5. The van der Waals surface area contributed by atoms with Gasteiger partial charge in [0.15, 0.2) is 5.78 Å². The lowest BCUT2D eigenvalue weighted by molar-refractivity contribution is -0.114. The van der Waals surface area contributed by atoms with E-state index in [1.807, 2.05) is 0 Å². The lowest BCUT2D eigenvalue weighted by Gasteiger charge is -1.90. The van der Waals surface area contributed by atoms with Gasteiger partial charge in [0.25, 0.3) is 0 Å². The molecule has 0 heterocycles. The van der Waals surface area contributed by atoms with E-state index in [9.17, 15) is 4.79 Å². The van der Waals surface area contributed by atoms with Crippen LogP contribution in [-0.2, 0) is 4.79 Å². The standard InChI is InChI=1S/C10H16O/c1-2-3-4-10(11)8-7-9-5-6-9/h7-9H,2-6H2,1H3/b8-7+. The fourth-order valence-corrected chi connectivity index (χ4v) is 0.966. The van der Waals surface area contributed by atoms with Crippen molar-refractivity contribution in [3.63, 3.8) is 0 Å². The van der Waals surface area contributed by atoms with Gasteiger partial charge in [0.2, 0.25) is 0 Å². The Morgan fingerprint density at radius 1 is 1.55 bits per heavy atom. The van der Waals surface area contributed by atoms with E-state index in [1.54, 1.807) is 6.08 Å². The number of rotatable bonds is 5. The summed E-state index contributed by atoms with van der Waals surface area (Å²) in [5.74, 6) is 1.04. The van der Waals surface area contributed by atoms with Crippen LogP contribution in [0.3, 0.4) is 0 Å². The first-order valence-electron chi connectivity index (χ1n) is 4.54. The van der Waals surface area contributed by atoms with Crippen molar-refractivity contribution in [3.05, 3.63) is 12.2 Å². The zero-order chi connectivity index (χ0) is 8.10. The molecule has 0 aromatic carbocycles. The van der Waals surface area contributed by atoms with Gasteiger partial charge < -0.3 is 0 Å². The quantitative estimate of drug-likeness (QED) is 0.553. The maximum atomic E-state index is 11.0. The van der Waals surface area contributed by atoms with Crippen molar-refractivity contribution >= 4 is 5.78 Å². The highest BCUT2D eigenvalue weighted by Gasteiger charge is 2.17. The van der Waals surface area contributed by atoms with Gasteiger partial charge in [-0.05, 0) is 31.3 Å². The monoisotopic (exact) mass is 152 g/mol. The molecule has 0 amide bonds. The van der Waals surface area contributed by atoms with Crippen molar-refractivity contribution < 1.29 is 4.79 Å². The second-order valence-corrected chi connectivity index (χ2v) is 3.27. The van der Waals surface area contributed by atoms with Gasteiger partial charge >= 0.3 is 0 Å². The molecule has 11 heavy (non-hydrogen) atoms. The number of allylic oxidation sites excluding steroid dienone is 2. The molecule has 0 unspecified atom stereocenters. The minimum Gasteiger partial charge on any atom is -0.295 e. The molecular weight excluding hydrogens is 136 g/mol. The lowest BCUT2D eigenvalue weighted by atomic mass is 10.1. The predicted octanol–water partition coefficient (Wildman–Crippen LogP) is 2.71. The second-order valence-electron chi connectivity index (χ2n) is 3.27. The Bertz CT molecular complexity index is 154. The summed E-state index contributed by atoms with van der Waals surface area (Å²) in [6.07, 6.45) is 9.30. The van der Waals surface area contributed by atoms with Crippen LogP contribution in [0.4, 0.5) is 0 Å². The van der Waals surface area contributed by atoms with Crippen LogP contribution in [0.25, 0.3) is 0 Å². The average molecular weight is 152 g/mol. The smallest absolute Gasteiger partial charge is 0.155 e. The summed E-state index contributed by atoms with van der Waals surface area (Å²) in [6.45, 7) is 2.11. The predicted molar refractivity (Wildman–Crippen MR) is 46.4 cm³/mol. The average Bonchev–Trinajstić information content (AvgIpc) is 2.80. The lowest BCUT2D eigenvalue weighted by Crippen LogP contribution is -1.91. The maximum Gasteiger partial charge on any atom is 0.155 e. The Morgan fingerprint density at radius 2 is 2.27 bits per heavy atom. The van der Waals surface area contributed by atoms with E-state index in [-0.39, 0.29) is 0 Å². The Balaban J connectivity index is 2.08. The van der Waals surface area contributed by atoms with Gasteiger partial charge in [-0.3, -0.25) is 4.79 Å². The zero-order valence-electron chi connectivity index (χ0n) is 7.18. The molecule has 1 saturated carbocycles. The molecule has 1 nitrogen and oxygen atoms in total. The van der Waals surface area contributed by atoms with E-state index in [1.165, 1.54) is 12.8 Å². The Kier molecular flexibility index (Phi) is 3.34. The molecule has 0 bridgehead atoms. The summed E-state index contributed by atoms with van der Waals surface area (Å²) in [5, 5.41) is 0. The van der Waals surface area contributed by atoms with Gasteiger partial charge in [0, 0.05) is 6.42 Å². The van der Waals surface area contributed by atoms with Crippen LogP contribution in [0.2, 0.25) is 0 Å². The summed E-state index contributed by atoms with van der Waals surface area (Å²) in [4.78, 5) is 11.0. The topological polar surface area (TPSA) is 17.1 Å². The maximum absolute atomic E-state index is 11.0. The first-order chi connectivity index (χ1) is 5.33. The van der Waals surface area contributed by atoms with Crippen molar-refractivity contribution in [2.45, 2.75) is 39.0 Å². The first kappa shape index (κ1) is 8.51. The van der Waals surface area contributed by atoms with Gasteiger partial charge in [-0.25, -0.2) is 0 Å². The number of hydrogen-bond donors (Lipinski definition) is 0. The number of carbonyl (C=O) groups is 1. The van der Waals surface area contributed by atoms with Crippen molar-refractivity contribution in [2.75, 3.05) is 0 Å². The molecule has 1 fully saturated rings. The summed E-state index contributed by atoms with van der Waals surface area (Å²) in [5.41, 5.74) is 0. The first-order valence-corrected chi connectivity index (χ1v) is 4.54. The molecule has 0 aliphatic heterocycles. The molecule has 0 atom stereocenters. The van der Waals surface area contributed by atoms with Crippen LogP contribution < -0.4 is 0 Å². The molecule has 1 aliphatic rings. The van der Waals surface area contributed by atoms with Crippen molar-refractivity contribution in [2.24, 2.45) is 5.92 Å². The summed E-state index contributed by atoms with van der Waals surface area (Å²) in [6, 6.07) is 0. The number of carbonyl (C=O) groups excluding carboxylic acids is 1. The van der Waals surface area contributed by atoms with Crippen LogP contribution >= 0.6 is 0 Å². The fourth-order valence-electron chi connectivity index (χ4n) is 0.966. The minimum absolute atomic E-state index is 0.304. The van der Waals surface area contributed by atoms with Gasteiger partial charge in [-0.2, -0.15) is 0 Å². The molecule has 0 aromatic heterocycles. The number of hydrogen-bond acceptors (Lipinski definition) is 1. The molecule has 62 valence electrons. The highest BCUT2D eigenvalue weighted by Crippen LogP contribution is 2.29. The van der Waals surface area contributed by atoms with E-state index in [0.29, 0.717) is 5.78 Å². The van der Waals surface area contributed by atoms with Gasteiger partial charge in [-0.1, -0.05) is 19.4 Å². The molecular formula is C10H16O. The summed E-state index contributed by atoms with van der Waals surface area (Å²) in [7, 11) is 0. The Labute approximate surface area is 68.5 Å². The molecule has 0 spiro atoms. The van der Waals surface area contributed by atoms with Crippen molar-refractivity contribution in [1.29, 1.82) is 0 Å². The molecule has 0 radical (unpaired) electrons. The van der Waals surface area contributed by atoms with E-state index < -0.39 is 0 Å². The van der Waals surface area contributed by atoms with Gasteiger partial charge in [0.05, 0.1) is 0 Å². The molecule has 1 rings (SSSR count). The molecule has 0 N–H and O–H groups in total. The van der Waals surface area contributed by atoms with Crippen molar-refractivity contribution in [3.8, 4) is 0 Å². The third kappa shape index (κ3) is 3.97. The minimum atomic E-state index is 0.304. The number of unbranched alkanes of at least 4 members (excludes halogenated alkanes) is 1.